The predicted molar refractivity (Wildman–Crippen MR) is 182 cm³/mol. The van der Waals surface area contributed by atoms with Crippen LogP contribution in [0.1, 0.15) is 86.0 Å². The van der Waals surface area contributed by atoms with Gasteiger partial charge in [0.25, 0.3) is 0 Å². The molecule has 2 heterocycles. The molecule has 0 amide bonds. The van der Waals surface area contributed by atoms with Gasteiger partial charge in [0, 0.05) is 0 Å². The molecule has 3 saturated carbocycles. The summed E-state index contributed by atoms with van der Waals surface area (Å²) in [4.78, 5) is 14.4. The average molecular weight is 721 g/mol. The third kappa shape index (κ3) is 5.81. The van der Waals surface area contributed by atoms with Crippen LogP contribution in [0.25, 0.3) is 0 Å². The van der Waals surface area contributed by atoms with Crippen molar-refractivity contribution in [3.63, 3.8) is 0 Å². The Labute approximate surface area is 300 Å². The number of carbonyl (C=O) groups is 1. The van der Waals surface area contributed by atoms with Crippen molar-refractivity contribution in [2.24, 2.45) is 51.8 Å². The highest BCUT2D eigenvalue weighted by Gasteiger charge is 2.63. The van der Waals surface area contributed by atoms with Crippen LogP contribution in [0.15, 0.2) is 23.3 Å². The van der Waals surface area contributed by atoms with Gasteiger partial charge in [-0.1, -0.05) is 46.8 Å². The number of allylic oxidation sites excluding steroid dienone is 3. The minimum atomic E-state index is -1.65. The topological polar surface area (TPSA) is 196 Å². The molecule has 0 aromatic heterocycles. The van der Waals surface area contributed by atoms with Crippen molar-refractivity contribution in [1.29, 1.82) is 0 Å². The largest absolute Gasteiger partial charge is 0.432 e. The summed E-state index contributed by atoms with van der Waals surface area (Å²) in [6, 6.07) is 0. The molecule has 7 rings (SSSR count). The van der Waals surface area contributed by atoms with E-state index in [2.05, 4.69) is 46.8 Å². The smallest absolute Gasteiger partial charge is 0.318 e. The third-order valence-electron chi connectivity index (χ3n) is 15.3. The maximum Gasteiger partial charge on any atom is 0.318 e. The number of ether oxygens (including phenoxy) is 4. The zero-order chi connectivity index (χ0) is 36.8. The first-order valence-electron chi connectivity index (χ1n) is 19.3. The van der Waals surface area contributed by atoms with Gasteiger partial charge < -0.3 is 54.7 Å². The molecule has 19 atom stereocenters. The van der Waals surface area contributed by atoms with Gasteiger partial charge in [-0.3, -0.25) is 4.79 Å². The van der Waals surface area contributed by atoms with E-state index in [-0.39, 0.29) is 41.3 Å². The summed E-state index contributed by atoms with van der Waals surface area (Å²) in [5.41, 5.74) is 1.43. The number of hydrogen-bond acceptors (Lipinski definition) is 12. The van der Waals surface area contributed by atoms with Crippen LogP contribution >= 0.6 is 0 Å². The Bertz CT molecular complexity index is 1380. The van der Waals surface area contributed by atoms with Gasteiger partial charge in [0.15, 0.2) is 6.29 Å². The quantitative estimate of drug-likeness (QED) is 0.161. The molecule has 0 unspecified atom stereocenters. The van der Waals surface area contributed by atoms with E-state index in [9.17, 15) is 40.5 Å². The molecule has 12 nitrogen and oxygen atoms in total. The molecular formula is C39H60O12. The molecular weight excluding hydrogens is 660 g/mol. The van der Waals surface area contributed by atoms with Gasteiger partial charge in [-0.2, -0.15) is 0 Å². The van der Waals surface area contributed by atoms with Crippen molar-refractivity contribution in [1.82, 2.24) is 0 Å². The van der Waals surface area contributed by atoms with Crippen LogP contribution in [-0.2, 0) is 23.7 Å². The number of hydrogen-bond donors (Lipinski definition) is 7. The molecule has 0 bridgehead atoms. The lowest BCUT2D eigenvalue weighted by atomic mass is 9.40. The van der Waals surface area contributed by atoms with Crippen molar-refractivity contribution < 1.29 is 59.5 Å². The van der Waals surface area contributed by atoms with Gasteiger partial charge in [-0.25, -0.2) is 0 Å². The zero-order valence-electron chi connectivity index (χ0n) is 30.6. The lowest BCUT2D eigenvalue weighted by Gasteiger charge is -2.65. The standard InChI is InChI=1S/C39H60O12/c1-18-8-14-39(36(47)51-35-33(46)31(44)30(43)26(16-40)50-35)15-10-23-21(28(39)19(18)2)6-7-27-37(4)13-11-25(20(3)22(37)9-12-38(23,27)5)49-34-32(45)29(42)24(41)17-48-34/h6-7,18-20,22-27,29-35,40-46H,8-17H2,1-5H3/t18-,19-,20-,22-,23-,24+,25+,26+,27+,29+,30+,31-,32-,33+,34+,35+,37+,38+,39+/m1/s1. The first-order valence-corrected chi connectivity index (χ1v) is 19.3. The van der Waals surface area contributed by atoms with Crippen LogP contribution in [0.3, 0.4) is 0 Å². The first-order chi connectivity index (χ1) is 24.1. The van der Waals surface area contributed by atoms with Gasteiger partial charge in [0.1, 0.15) is 42.7 Å². The highest BCUT2D eigenvalue weighted by atomic mass is 16.7. The van der Waals surface area contributed by atoms with E-state index in [1.807, 2.05) is 0 Å². The Morgan fingerprint density at radius 2 is 1.53 bits per heavy atom. The number of rotatable bonds is 5. The summed E-state index contributed by atoms with van der Waals surface area (Å²) in [5, 5.41) is 71.8. The maximum absolute atomic E-state index is 14.4. The van der Waals surface area contributed by atoms with Crippen molar-refractivity contribution in [2.45, 2.75) is 147 Å². The molecule has 0 aromatic rings. The molecule has 0 aromatic carbocycles. The summed E-state index contributed by atoms with van der Waals surface area (Å²) in [6.45, 7) is 10.9. The third-order valence-corrected chi connectivity index (χ3v) is 15.3. The molecule has 0 spiro atoms. The fourth-order valence-electron chi connectivity index (χ4n) is 12.1. The second kappa shape index (κ2) is 13.7. The number of carbonyl (C=O) groups excluding carboxylic acids is 1. The Morgan fingerprint density at radius 3 is 2.25 bits per heavy atom. The van der Waals surface area contributed by atoms with E-state index in [0.717, 1.165) is 44.1 Å². The molecule has 2 aliphatic heterocycles. The highest BCUT2D eigenvalue weighted by Crippen LogP contribution is 2.69. The van der Waals surface area contributed by atoms with Crippen molar-refractivity contribution in [3.05, 3.63) is 23.3 Å². The Balaban J connectivity index is 1.16. The molecule has 7 N–H and O–H groups in total. The second-order valence-corrected chi connectivity index (χ2v) is 17.8. The lowest BCUT2D eigenvalue weighted by molar-refractivity contribution is -0.296. The fraction of sp³-hybridized carbons (Fsp3) is 0.872. The fourth-order valence-corrected chi connectivity index (χ4v) is 12.1. The first kappa shape index (κ1) is 37.8. The molecule has 5 fully saturated rings. The molecule has 288 valence electrons. The average Bonchev–Trinajstić information content (AvgIpc) is 3.10. The number of fused-ring (bicyclic) bond motifs is 6. The van der Waals surface area contributed by atoms with Gasteiger partial charge in [0.05, 0.1) is 24.7 Å². The van der Waals surface area contributed by atoms with E-state index in [1.165, 1.54) is 5.57 Å². The van der Waals surface area contributed by atoms with Crippen molar-refractivity contribution >= 4 is 5.97 Å². The second-order valence-electron chi connectivity index (χ2n) is 17.8. The molecule has 12 heteroatoms. The zero-order valence-corrected chi connectivity index (χ0v) is 30.6. The molecule has 2 saturated heterocycles. The molecule has 7 aliphatic rings. The maximum atomic E-state index is 14.4. The number of aliphatic hydroxyl groups is 7. The van der Waals surface area contributed by atoms with Gasteiger partial charge in [-0.15, -0.1) is 0 Å². The summed E-state index contributed by atoms with van der Waals surface area (Å²) in [7, 11) is 0. The Kier molecular flexibility index (Phi) is 10.2. The molecule has 0 radical (unpaired) electrons. The predicted octanol–water partition coefficient (Wildman–Crippen LogP) is 1.95. The van der Waals surface area contributed by atoms with Crippen LogP contribution in [0.4, 0.5) is 0 Å². The Morgan fingerprint density at radius 1 is 0.843 bits per heavy atom. The van der Waals surface area contributed by atoms with Crippen molar-refractivity contribution in [2.75, 3.05) is 13.2 Å². The van der Waals surface area contributed by atoms with Crippen LogP contribution in [0, 0.1) is 51.8 Å². The van der Waals surface area contributed by atoms with Crippen LogP contribution in [-0.4, -0.2) is 116 Å². The van der Waals surface area contributed by atoms with Crippen LogP contribution in [0.5, 0.6) is 0 Å². The summed E-state index contributed by atoms with van der Waals surface area (Å²) >= 11 is 0. The normalized spacial score (nSPS) is 54.1. The lowest BCUT2D eigenvalue weighted by Crippen LogP contribution is -2.61. The van der Waals surface area contributed by atoms with E-state index < -0.39 is 73.3 Å². The van der Waals surface area contributed by atoms with E-state index >= 15 is 0 Å². The molecule has 5 aliphatic carbocycles. The SMILES string of the molecule is C[C@H]1[C@@H](O[C@@H]2OC[C@H](O)[C@H](O)[C@H]2O)CC[C@]2(C)[C@@H]3C=CC4=C5[C@H](C)[C@H](C)CC[C@]5(C(=O)O[C@@H]5O[C@@H](CO)[C@H](O)[C@@H](O)[C@@H]5O)CC[C@H]4[C@]3(C)CC[C@H]12. The van der Waals surface area contributed by atoms with Gasteiger partial charge in [0.2, 0.25) is 6.29 Å². The van der Waals surface area contributed by atoms with E-state index in [1.54, 1.807) is 0 Å². The highest BCUT2D eigenvalue weighted by molar-refractivity contribution is 5.82. The molecule has 51 heavy (non-hydrogen) atoms. The monoisotopic (exact) mass is 720 g/mol. The summed E-state index contributed by atoms with van der Waals surface area (Å²) in [5.74, 6) is 1.12. The van der Waals surface area contributed by atoms with Gasteiger partial charge >= 0.3 is 5.97 Å². The summed E-state index contributed by atoms with van der Waals surface area (Å²) in [6.07, 6.45) is -1.01. The summed E-state index contributed by atoms with van der Waals surface area (Å²) < 4.78 is 23.5. The minimum absolute atomic E-state index is 0.00274. The van der Waals surface area contributed by atoms with Crippen LogP contribution in [0.2, 0.25) is 0 Å². The number of esters is 1. The van der Waals surface area contributed by atoms with Crippen molar-refractivity contribution in [3.8, 4) is 0 Å². The minimum Gasteiger partial charge on any atom is -0.432 e. The Hall–Kier alpha value is -1.45. The van der Waals surface area contributed by atoms with Gasteiger partial charge in [-0.05, 0) is 109 Å². The number of aliphatic hydroxyl groups excluding tert-OH is 7. The van der Waals surface area contributed by atoms with E-state index in [0.29, 0.717) is 30.6 Å². The van der Waals surface area contributed by atoms with E-state index in [4.69, 9.17) is 18.9 Å². The van der Waals surface area contributed by atoms with Crippen LogP contribution < -0.4 is 0 Å².